The second kappa shape index (κ2) is 4.70. The fourth-order valence-electron chi connectivity index (χ4n) is 2.01. The molecule has 0 aliphatic carbocycles. The molecule has 0 fully saturated rings. The smallest absolute Gasteiger partial charge is 0.106 e. The Labute approximate surface area is 111 Å². The molecule has 0 bridgehead atoms. The van der Waals surface area contributed by atoms with E-state index in [0.717, 1.165) is 22.5 Å². The van der Waals surface area contributed by atoms with E-state index in [2.05, 4.69) is 42.1 Å². The van der Waals surface area contributed by atoms with E-state index in [9.17, 15) is 0 Å². The predicted octanol–water partition coefficient (Wildman–Crippen LogP) is 3.91. The Morgan fingerprint density at radius 3 is 1.94 bits per heavy atom. The van der Waals surface area contributed by atoms with Crippen LogP contribution < -0.4 is 0 Å². The summed E-state index contributed by atoms with van der Waals surface area (Å²) < 4.78 is 1.76. The lowest BCUT2D eigenvalue weighted by Crippen LogP contribution is -1.87. The van der Waals surface area contributed by atoms with E-state index in [1.165, 1.54) is 0 Å². The molecule has 0 spiro atoms. The highest BCUT2D eigenvalue weighted by Crippen LogP contribution is 2.31. The van der Waals surface area contributed by atoms with Crippen molar-refractivity contribution in [2.75, 3.05) is 0 Å². The number of hydrogen-bond acceptors (Lipinski definition) is 2. The lowest BCUT2D eigenvalue weighted by atomic mass is 10.1. The summed E-state index contributed by atoms with van der Waals surface area (Å²) in [7, 11) is 0. The van der Waals surface area contributed by atoms with Gasteiger partial charge < -0.3 is 0 Å². The van der Waals surface area contributed by atoms with Crippen LogP contribution in [0, 0.1) is 0 Å². The summed E-state index contributed by atoms with van der Waals surface area (Å²) in [6.07, 6.45) is 1.73. The Morgan fingerprint density at radius 1 is 0.778 bits per heavy atom. The van der Waals surface area contributed by atoms with Crippen molar-refractivity contribution < 1.29 is 0 Å². The summed E-state index contributed by atoms with van der Waals surface area (Å²) >= 11 is 4.43. The number of imidazole rings is 1. The van der Waals surface area contributed by atoms with Gasteiger partial charge in [0.25, 0.3) is 0 Å². The van der Waals surface area contributed by atoms with Crippen LogP contribution in [-0.4, -0.2) is 8.96 Å². The molecule has 0 atom stereocenters. The van der Waals surface area contributed by atoms with Gasteiger partial charge in [0.2, 0.25) is 0 Å². The molecule has 0 saturated heterocycles. The van der Waals surface area contributed by atoms with Crippen LogP contribution >= 0.6 is 12.8 Å². The van der Waals surface area contributed by atoms with Gasteiger partial charge in [0.1, 0.15) is 6.33 Å². The summed E-state index contributed by atoms with van der Waals surface area (Å²) in [4.78, 5) is 4.45. The molecule has 0 aliphatic heterocycles. The SMILES string of the molecule is Sn1cnc(-c2ccccc2)c1-c1ccccc1. The van der Waals surface area contributed by atoms with E-state index in [0.29, 0.717) is 0 Å². The molecule has 2 nitrogen and oxygen atoms in total. The van der Waals surface area contributed by atoms with Gasteiger partial charge in [-0.1, -0.05) is 73.5 Å². The fourth-order valence-corrected chi connectivity index (χ4v) is 2.27. The second-order valence-corrected chi connectivity index (χ2v) is 4.45. The van der Waals surface area contributed by atoms with Gasteiger partial charge in [-0.05, 0) is 0 Å². The molecule has 0 radical (unpaired) electrons. The van der Waals surface area contributed by atoms with E-state index in [1.807, 2.05) is 36.4 Å². The van der Waals surface area contributed by atoms with Crippen LogP contribution in [-0.2, 0) is 0 Å². The van der Waals surface area contributed by atoms with E-state index in [4.69, 9.17) is 0 Å². The van der Waals surface area contributed by atoms with Crippen LogP contribution in [0.1, 0.15) is 0 Å². The highest BCUT2D eigenvalue weighted by molar-refractivity contribution is 7.78. The van der Waals surface area contributed by atoms with Crippen molar-refractivity contribution in [3.8, 4) is 22.5 Å². The maximum atomic E-state index is 4.45. The second-order valence-electron chi connectivity index (χ2n) is 4.02. The van der Waals surface area contributed by atoms with Crippen molar-refractivity contribution in [1.29, 1.82) is 0 Å². The Hall–Kier alpha value is -2.00. The summed E-state index contributed by atoms with van der Waals surface area (Å²) in [5.41, 5.74) is 4.19. The molecule has 1 aromatic heterocycles. The van der Waals surface area contributed by atoms with Gasteiger partial charge >= 0.3 is 0 Å². The minimum atomic E-state index is 0.955. The maximum Gasteiger partial charge on any atom is 0.106 e. The zero-order chi connectivity index (χ0) is 12.4. The number of rotatable bonds is 2. The minimum absolute atomic E-state index is 0.955. The van der Waals surface area contributed by atoms with Crippen LogP contribution in [0.2, 0.25) is 0 Å². The van der Waals surface area contributed by atoms with Gasteiger partial charge in [0, 0.05) is 11.1 Å². The van der Waals surface area contributed by atoms with Crippen LogP contribution in [0.5, 0.6) is 0 Å². The molecule has 3 heteroatoms. The van der Waals surface area contributed by atoms with Crippen LogP contribution in [0.15, 0.2) is 67.0 Å². The highest BCUT2D eigenvalue weighted by Gasteiger charge is 2.12. The molecule has 3 aromatic rings. The van der Waals surface area contributed by atoms with Crippen molar-refractivity contribution >= 4 is 12.8 Å². The van der Waals surface area contributed by atoms with Crippen LogP contribution in [0.3, 0.4) is 0 Å². The lowest BCUT2D eigenvalue weighted by molar-refractivity contribution is 1.25. The zero-order valence-corrected chi connectivity index (χ0v) is 10.6. The van der Waals surface area contributed by atoms with Crippen molar-refractivity contribution in [3.63, 3.8) is 0 Å². The van der Waals surface area contributed by atoms with Gasteiger partial charge in [0.15, 0.2) is 0 Å². The quantitative estimate of drug-likeness (QED) is 0.685. The van der Waals surface area contributed by atoms with Gasteiger partial charge in [-0.25, -0.2) is 4.98 Å². The highest BCUT2D eigenvalue weighted by atomic mass is 32.1. The molecule has 1 heterocycles. The van der Waals surface area contributed by atoms with Crippen molar-refractivity contribution in [2.45, 2.75) is 0 Å². The summed E-state index contributed by atoms with van der Waals surface area (Å²) in [6, 6.07) is 20.3. The molecule has 0 N–H and O–H groups in total. The first-order chi connectivity index (χ1) is 8.86. The largest absolute Gasteiger partial charge is 0.274 e. The summed E-state index contributed by atoms with van der Waals surface area (Å²) in [5, 5.41) is 0. The van der Waals surface area contributed by atoms with Crippen molar-refractivity contribution in [2.24, 2.45) is 0 Å². The first-order valence-corrected chi connectivity index (χ1v) is 6.13. The van der Waals surface area contributed by atoms with Gasteiger partial charge in [-0.15, -0.1) is 0 Å². The van der Waals surface area contributed by atoms with Gasteiger partial charge in [0.05, 0.1) is 11.4 Å². The Morgan fingerprint density at radius 2 is 1.33 bits per heavy atom. The lowest BCUT2D eigenvalue weighted by Gasteiger charge is -2.05. The summed E-state index contributed by atoms with van der Waals surface area (Å²) in [5.74, 6) is 0. The van der Waals surface area contributed by atoms with Gasteiger partial charge in [-0.2, -0.15) is 0 Å². The molecule has 2 aromatic carbocycles. The Kier molecular flexibility index (Phi) is 2.90. The maximum absolute atomic E-state index is 4.45. The fraction of sp³-hybridized carbons (Fsp3) is 0. The van der Waals surface area contributed by atoms with Gasteiger partial charge in [-0.3, -0.25) is 3.97 Å². The Balaban J connectivity index is 2.19. The molecule has 0 aliphatic rings. The number of aromatic nitrogens is 2. The van der Waals surface area contributed by atoms with Crippen molar-refractivity contribution in [3.05, 3.63) is 67.0 Å². The number of hydrogen-bond donors (Lipinski definition) is 1. The third-order valence-electron chi connectivity index (χ3n) is 2.84. The average molecular weight is 252 g/mol. The molecule has 3 rings (SSSR count). The van der Waals surface area contributed by atoms with E-state index in [1.54, 1.807) is 10.3 Å². The number of thiol groups is 1. The average Bonchev–Trinajstić information content (AvgIpc) is 2.83. The number of nitrogens with zero attached hydrogens (tertiary/aromatic N) is 2. The van der Waals surface area contributed by atoms with Crippen molar-refractivity contribution in [1.82, 2.24) is 8.96 Å². The molecule has 88 valence electrons. The molecular formula is C15H12N2S. The minimum Gasteiger partial charge on any atom is -0.274 e. The molecular weight excluding hydrogens is 240 g/mol. The third-order valence-corrected chi connectivity index (χ3v) is 3.15. The predicted molar refractivity (Wildman–Crippen MR) is 77.5 cm³/mol. The molecule has 18 heavy (non-hydrogen) atoms. The Bertz CT molecular complexity index is 645. The molecule has 0 unspecified atom stereocenters. The standard InChI is InChI=1S/C15H12N2S/c18-17-11-16-14(12-7-3-1-4-8-12)15(17)13-9-5-2-6-10-13/h1-11,18H. The van der Waals surface area contributed by atoms with Crippen LogP contribution in [0.25, 0.3) is 22.5 Å². The first kappa shape index (κ1) is 11.1. The van der Waals surface area contributed by atoms with E-state index < -0.39 is 0 Å². The normalized spacial score (nSPS) is 10.5. The first-order valence-electron chi connectivity index (χ1n) is 5.73. The van der Waals surface area contributed by atoms with E-state index in [-0.39, 0.29) is 0 Å². The number of benzene rings is 2. The molecule has 0 saturated carbocycles. The topological polar surface area (TPSA) is 17.8 Å². The zero-order valence-electron chi connectivity index (χ0n) is 9.69. The third kappa shape index (κ3) is 1.93. The van der Waals surface area contributed by atoms with Crippen LogP contribution in [0.4, 0.5) is 0 Å². The molecule has 0 amide bonds. The summed E-state index contributed by atoms with van der Waals surface area (Å²) in [6.45, 7) is 0. The monoisotopic (exact) mass is 252 g/mol. The van der Waals surface area contributed by atoms with E-state index >= 15 is 0 Å².